The van der Waals surface area contributed by atoms with Crippen molar-refractivity contribution >= 4 is 63.0 Å². The summed E-state index contributed by atoms with van der Waals surface area (Å²) < 4.78 is 0. The van der Waals surface area contributed by atoms with Crippen LogP contribution >= 0.6 is 40.3 Å². The summed E-state index contributed by atoms with van der Waals surface area (Å²) in [6, 6.07) is 6.83. The summed E-state index contributed by atoms with van der Waals surface area (Å²) >= 11 is 7.11. The molecule has 0 bridgehead atoms. The number of thioether (sulfide) groups is 1. The van der Waals surface area contributed by atoms with Crippen LogP contribution in [0.1, 0.15) is 39.5 Å². The molecule has 148 valence electrons. The number of benzene rings is 1. The predicted octanol–water partition coefficient (Wildman–Crippen LogP) is 5.27. The van der Waals surface area contributed by atoms with Crippen molar-refractivity contribution in [2.24, 2.45) is 4.99 Å². The van der Waals surface area contributed by atoms with Crippen molar-refractivity contribution in [3.05, 3.63) is 40.3 Å². The van der Waals surface area contributed by atoms with E-state index in [1.165, 1.54) is 17.8 Å². The Bertz CT molecular complexity index is 707. The third-order valence-corrected chi connectivity index (χ3v) is 5.05. The number of amidine groups is 1. The molecule has 2 rings (SSSR count). The second-order valence-corrected chi connectivity index (χ2v) is 7.38. The van der Waals surface area contributed by atoms with Gasteiger partial charge in [0, 0.05) is 29.9 Å². The van der Waals surface area contributed by atoms with Crippen molar-refractivity contribution in [3.63, 3.8) is 0 Å². The number of carbonyl (C=O) groups excluding carboxylic acids is 2. The lowest BCUT2D eigenvalue weighted by molar-refractivity contribution is -0.122. The Morgan fingerprint density at radius 1 is 1.22 bits per heavy atom. The fraction of sp³-hybridized carbons (Fsp3) is 0.421. The second-order valence-electron chi connectivity index (χ2n) is 5.93. The van der Waals surface area contributed by atoms with Crippen molar-refractivity contribution < 1.29 is 9.59 Å². The molecule has 1 aromatic carbocycles. The number of halogens is 2. The maximum absolute atomic E-state index is 12.6. The maximum Gasteiger partial charge on any atom is 0.266 e. The van der Waals surface area contributed by atoms with Crippen LogP contribution in [0.15, 0.2) is 40.2 Å². The zero-order valence-electron chi connectivity index (χ0n) is 15.5. The average molecular weight is 475 g/mol. The quantitative estimate of drug-likeness (QED) is 0.412. The van der Waals surface area contributed by atoms with Crippen molar-refractivity contribution in [2.45, 2.75) is 39.5 Å². The van der Waals surface area contributed by atoms with Crippen LogP contribution in [0.2, 0.25) is 5.02 Å². The number of anilines is 1. The molecular formula is C19H25BrClN3O2S. The molecular weight excluding hydrogens is 450 g/mol. The Morgan fingerprint density at radius 3 is 2.52 bits per heavy atom. The van der Waals surface area contributed by atoms with Gasteiger partial charge in [0.25, 0.3) is 5.91 Å². The van der Waals surface area contributed by atoms with E-state index in [1.807, 2.05) is 0 Å². The molecule has 2 amide bonds. The monoisotopic (exact) mass is 473 g/mol. The van der Waals surface area contributed by atoms with E-state index in [4.69, 9.17) is 11.6 Å². The van der Waals surface area contributed by atoms with Crippen LogP contribution in [0.3, 0.4) is 0 Å². The predicted molar refractivity (Wildman–Crippen MR) is 120 cm³/mol. The number of unbranched alkanes of at least 4 members (excludes halogenated alkanes) is 2. The Hall–Kier alpha value is -1.31. The molecule has 1 N–H and O–H groups in total. The van der Waals surface area contributed by atoms with Gasteiger partial charge in [-0.05, 0) is 48.9 Å². The van der Waals surface area contributed by atoms with Gasteiger partial charge in [0.2, 0.25) is 5.91 Å². The van der Waals surface area contributed by atoms with Gasteiger partial charge in [-0.2, -0.15) is 0 Å². The minimum Gasteiger partial charge on any atom is -0.322 e. The van der Waals surface area contributed by atoms with Crippen molar-refractivity contribution in [3.8, 4) is 0 Å². The van der Waals surface area contributed by atoms with E-state index in [0.717, 1.165) is 25.7 Å². The number of hydrogen-bond donors (Lipinski definition) is 1. The molecule has 8 heteroatoms. The van der Waals surface area contributed by atoms with Crippen molar-refractivity contribution in [1.82, 2.24) is 4.90 Å². The highest BCUT2D eigenvalue weighted by Crippen LogP contribution is 2.31. The summed E-state index contributed by atoms with van der Waals surface area (Å²) in [6.45, 7) is 5.51. The first-order chi connectivity index (χ1) is 12.5. The summed E-state index contributed by atoms with van der Waals surface area (Å²) in [6.07, 6.45) is 5.28. The topological polar surface area (TPSA) is 61.8 Å². The molecule has 0 atom stereocenters. The van der Waals surface area contributed by atoms with Crippen LogP contribution in [0.5, 0.6) is 0 Å². The smallest absolute Gasteiger partial charge is 0.266 e. The number of nitrogens with zero attached hydrogens (tertiary/aromatic N) is 2. The highest BCUT2D eigenvalue weighted by molar-refractivity contribution is 8.93. The van der Waals surface area contributed by atoms with Crippen molar-refractivity contribution in [1.29, 1.82) is 0 Å². The van der Waals surface area contributed by atoms with Gasteiger partial charge in [-0.15, -0.1) is 17.0 Å². The Balaban J connectivity index is 0.00000364. The molecule has 1 aliphatic heterocycles. The van der Waals surface area contributed by atoms with Gasteiger partial charge in [-0.1, -0.05) is 38.3 Å². The normalized spacial score (nSPS) is 16.7. The Morgan fingerprint density at radius 2 is 1.89 bits per heavy atom. The SMILES string of the molecule is Br.CCCCN=C1S/C(=C/C(=O)Nc2ccc(Cl)cc2)C(=O)N1CCCC. The molecule has 1 saturated heterocycles. The van der Waals surface area contributed by atoms with E-state index < -0.39 is 0 Å². The zero-order valence-corrected chi connectivity index (χ0v) is 18.8. The van der Waals surface area contributed by atoms with Gasteiger partial charge >= 0.3 is 0 Å². The first-order valence-electron chi connectivity index (χ1n) is 8.87. The molecule has 1 aromatic rings. The van der Waals surface area contributed by atoms with E-state index in [0.29, 0.717) is 33.9 Å². The summed E-state index contributed by atoms with van der Waals surface area (Å²) in [7, 11) is 0. The molecule has 0 unspecified atom stereocenters. The van der Waals surface area contributed by atoms with Gasteiger partial charge in [0.05, 0.1) is 4.91 Å². The number of aliphatic imine (C=N–C) groups is 1. The third kappa shape index (κ3) is 7.31. The van der Waals surface area contributed by atoms with E-state index in [-0.39, 0.29) is 28.8 Å². The fourth-order valence-corrected chi connectivity index (χ4v) is 3.43. The van der Waals surface area contributed by atoms with Gasteiger partial charge in [0.1, 0.15) is 0 Å². The molecule has 1 fully saturated rings. The van der Waals surface area contributed by atoms with Gasteiger partial charge < -0.3 is 5.32 Å². The first-order valence-corrected chi connectivity index (χ1v) is 10.1. The molecule has 0 aromatic heterocycles. The van der Waals surface area contributed by atoms with E-state index in [9.17, 15) is 9.59 Å². The molecule has 1 aliphatic rings. The Labute approximate surface area is 180 Å². The number of rotatable bonds is 8. The lowest BCUT2D eigenvalue weighted by Gasteiger charge is -2.14. The molecule has 0 radical (unpaired) electrons. The summed E-state index contributed by atoms with van der Waals surface area (Å²) in [5.41, 5.74) is 0.631. The van der Waals surface area contributed by atoms with Crippen LogP contribution < -0.4 is 5.32 Å². The minimum atomic E-state index is -0.339. The van der Waals surface area contributed by atoms with Crippen LogP contribution in [-0.2, 0) is 9.59 Å². The first kappa shape index (κ1) is 23.7. The van der Waals surface area contributed by atoms with Gasteiger partial charge in [0.15, 0.2) is 5.17 Å². The summed E-state index contributed by atoms with van der Waals surface area (Å²) in [5, 5.41) is 4.04. The third-order valence-electron chi connectivity index (χ3n) is 3.76. The van der Waals surface area contributed by atoms with Crippen LogP contribution in [0.4, 0.5) is 5.69 Å². The lowest BCUT2D eigenvalue weighted by Crippen LogP contribution is -2.30. The second kappa shape index (κ2) is 12.2. The summed E-state index contributed by atoms with van der Waals surface area (Å²) in [5.74, 6) is -0.488. The molecule has 27 heavy (non-hydrogen) atoms. The van der Waals surface area contributed by atoms with Gasteiger partial charge in [-0.3, -0.25) is 19.5 Å². The summed E-state index contributed by atoms with van der Waals surface area (Å²) in [4.78, 5) is 31.5. The molecule has 0 saturated carbocycles. The number of carbonyl (C=O) groups is 2. The van der Waals surface area contributed by atoms with E-state index in [1.54, 1.807) is 29.2 Å². The number of hydrogen-bond acceptors (Lipinski definition) is 4. The van der Waals surface area contributed by atoms with Crippen LogP contribution in [0, 0.1) is 0 Å². The number of nitrogens with one attached hydrogen (secondary N) is 1. The molecule has 0 aliphatic carbocycles. The molecule has 0 spiro atoms. The molecule has 1 heterocycles. The van der Waals surface area contributed by atoms with E-state index >= 15 is 0 Å². The Kier molecular flexibility index (Phi) is 10.7. The van der Waals surface area contributed by atoms with Gasteiger partial charge in [-0.25, -0.2) is 0 Å². The van der Waals surface area contributed by atoms with Crippen LogP contribution in [0.25, 0.3) is 0 Å². The lowest BCUT2D eigenvalue weighted by atomic mass is 10.3. The maximum atomic E-state index is 12.6. The standard InChI is InChI=1S/C19H24ClN3O2S.BrH/c1-3-5-11-21-19-23(12-6-4-2)18(25)16(26-19)13-17(24)22-15-9-7-14(20)8-10-15;/h7-10,13H,3-6,11-12H2,1-2H3,(H,22,24);1H/b16-13+,21-19?;. The van der Waals surface area contributed by atoms with Crippen LogP contribution in [-0.4, -0.2) is 35.0 Å². The fourth-order valence-electron chi connectivity index (χ4n) is 2.30. The van der Waals surface area contributed by atoms with E-state index in [2.05, 4.69) is 24.2 Å². The molecule has 5 nitrogen and oxygen atoms in total. The average Bonchev–Trinajstić information content (AvgIpc) is 2.90. The van der Waals surface area contributed by atoms with Crippen molar-refractivity contribution in [2.75, 3.05) is 18.4 Å². The largest absolute Gasteiger partial charge is 0.322 e. The minimum absolute atomic E-state index is 0. The number of amides is 2. The highest BCUT2D eigenvalue weighted by Gasteiger charge is 2.33. The zero-order chi connectivity index (χ0) is 18.9. The highest BCUT2D eigenvalue weighted by atomic mass is 79.9.